The highest BCUT2D eigenvalue weighted by atomic mass is 32.2. The first-order valence-electron chi connectivity index (χ1n) is 7.51. The van der Waals surface area contributed by atoms with Gasteiger partial charge in [0, 0.05) is 41.9 Å². The van der Waals surface area contributed by atoms with Gasteiger partial charge in [-0.2, -0.15) is 16.9 Å². The van der Waals surface area contributed by atoms with Crippen LogP contribution in [0.4, 0.5) is 4.79 Å². The number of thioether (sulfide) groups is 1. The Bertz CT molecular complexity index is 528. The van der Waals surface area contributed by atoms with Gasteiger partial charge in [-0.25, -0.2) is 4.79 Å². The molecule has 118 valence electrons. The molecular weight excluding hydrogens is 284 g/mol. The summed E-state index contributed by atoms with van der Waals surface area (Å²) in [5.74, 6) is 1.01. The van der Waals surface area contributed by atoms with Gasteiger partial charge in [0.05, 0.1) is 11.7 Å². The number of nitrogens with one attached hydrogen (secondary N) is 1. The molecule has 2 rings (SSSR count). The third-order valence-corrected chi connectivity index (χ3v) is 5.82. The summed E-state index contributed by atoms with van der Waals surface area (Å²) in [6.07, 6.45) is 0. The van der Waals surface area contributed by atoms with Gasteiger partial charge in [-0.1, -0.05) is 6.92 Å². The topological polar surface area (TPSA) is 50.2 Å². The van der Waals surface area contributed by atoms with Crippen molar-refractivity contribution in [3.8, 4) is 0 Å². The zero-order valence-electron chi connectivity index (χ0n) is 13.8. The van der Waals surface area contributed by atoms with Crippen LogP contribution in [0, 0.1) is 13.8 Å². The zero-order chi connectivity index (χ0) is 15.7. The van der Waals surface area contributed by atoms with E-state index in [1.807, 2.05) is 49.2 Å². The molecule has 2 heterocycles. The molecule has 0 unspecified atom stereocenters. The van der Waals surface area contributed by atoms with Gasteiger partial charge >= 0.3 is 6.03 Å². The van der Waals surface area contributed by atoms with Crippen molar-refractivity contribution in [1.29, 1.82) is 0 Å². The maximum absolute atomic E-state index is 12.5. The van der Waals surface area contributed by atoms with Crippen molar-refractivity contribution in [1.82, 2.24) is 20.0 Å². The maximum Gasteiger partial charge on any atom is 0.318 e. The van der Waals surface area contributed by atoms with Gasteiger partial charge in [-0.3, -0.25) is 4.68 Å². The lowest BCUT2D eigenvalue weighted by Crippen LogP contribution is -2.52. The standard InChI is InChI=1S/C15H26N4OS/c1-9(14-10(2)17-18(6)12(14)4)16-15(20)19-7-8-21-13(5)11(19)3/h9,11,13H,7-8H2,1-6H3,(H,16,20)/t9-,11-,13-/m0/s1. The second-order valence-corrected chi connectivity index (χ2v) is 7.37. The quantitative estimate of drug-likeness (QED) is 0.913. The van der Waals surface area contributed by atoms with E-state index in [0.717, 1.165) is 29.2 Å². The number of carbonyl (C=O) groups excluding carboxylic acids is 1. The minimum Gasteiger partial charge on any atom is -0.331 e. The second kappa shape index (κ2) is 6.30. The minimum absolute atomic E-state index is 0.0247. The van der Waals surface area contributed by atoms with Crippen molar-refractivity contribution in [2.75, 3.05) is 12.3 Å². The summed E-state index contributed by atoms with van der Waals surface area (Å²) in [6.45, 7) is 11.2. The number of hydrogen-bond donors (Lipinski definition) is 1. The molecule has 6 heteroatoms. The van der Waals surface area contributed by atoms with E-state index >= 15 is 0 Å². The smallest absolute Gasteiger partial charge is 0.318 e. The maximum atomic E-state index is 12.5. The summed E-state index contributed by atoms with van der Waals surface area (Å²) in [5.41, 5.74) is 3.22. The molecule has 0 radical (unpaired) electrons. The molecule has 5 nitrogen and oxygen atoms in total. The Morgan fingerprint density at radius 1 is 1.43 bits per heavy atom. The fourth-order valence-corrected chi connectivity index (χ4v) is 4.08. The third kappa shape index (κ3) is 3.20. The van der Waals surface area contributed by atoms with Gasteiger partial charge in [0.15, 0.2) is 0 Å². The van der Waals surface area contributed by atoms with Crippen molar-refractivity contribution in [2.45, 2.75) is 52.0 Å². The molecule has 1 fully saturated rings. The highest BCUT2D eigenvalue weighted by Gasteiger charge is 2.30. The van der Waals surface area contributed by atoms with Crippen LogP contribution in [0.25, 0.3) is 0 Å². The summed E-state index contributed by atoms with van der Waals surface area (Å²) >= 11 is 1.94. The van der Waals surface area contributed by atoms with Crippen LogP contribution in [-0.2, 0) is 7.05 Å². The van der Waals surface area contributed by atoms with Gasteiger partial charge in [0.25, 0.3) is 0 Å². The summed E-state index contributed by atoms with van der Waals surface area (Å²) in [4.78, 5) is 14.5. The van der Waals surface area contributed by atoms with Gasteiger partial charge in [0.1, 0.15) is 0 Å². The monoisotopic (exact) mass is 310 g/mol. The number of nitrogens with zero attached hydrogens (tertiary/aromatic N) is 3. The molecule has 3 atom stereocenters. The number of urea groups is 1. The average Bonchev–Trinajstić information content (AvgIpc) is 2.66. The van der Waals surface area contributed by atoms with Gasteiger partial charge in [0.2, 0.25) is 0 Å². The van der Waals surface area contributed by atoms with Crippen molar-refractivity contribution < 1.29 is 4.79 Å². The summed E-state index contributed by atoms with van der Waals surface area (Å²) in [6, 6.07) is 0.278. The lowest BCUT2D eigenvalue weighted by molar-refractivity contribution is 0.177. The molecule has 1 saturated heterocycles. The Morgan fingerprint density at radius 2 is 2.10 bits per heavy atom. The minimum atomic E-state index is -0.0247. The van der Waals surface area contributed by atoms with Crippen LogP contribution in [0.2, 0.25) is 0 Å². The number of rotatable bonds is 2. The summed E-state index contributed by atoms with van der Waals surface area (Å²) < 4.78 is 1.87. The molecule has 1 N–H and O–H groups in total. The molecule has 21 heavy (non-hydrogen) atoms. The molecule has 1 aromatic heterocycles. The van der Waals surface area contributed by atoms with E-state index in [0.29, 0.717) is 5.25 Å². The van der Waals surface area contributed by atoms with E-state index < -0.39 is 0 Å². The summed E-state index contributed by atoms with van der Waals surface area (Å²) in [7, 11) is 1.94. The number of aryl methyl sites for hydroxylation is 2. The Labute approximate surface area is 131 Å². The van der Waals surface area contributed by atoms with Crippen LogP contribution >= 0.6 is 11.8 Å². The fraction of sp³-hybridized carbons (Fsp3) is 0.733. The van der Waals surface area contributed by atoms with E-state index in [4.69, 9.17) is 0 Å². The molecule has 1 aliphatic rings. The highest BCUT2D eigenvalue weighted by molar-refractivity contribution is 8.00. The van der Waals surface area contributed by atoms with Crippen LogP contribution in [0.1, 0.15) is 43.8 Å². The van der Waals surface area contributed by atoms with E-state index in [-0.39, 0.29) is 18.1 Å². The number of aromatic nitrogens is 2. The fourth-order valence-electron chi connectivity index (χ4n) is 2.98. The molecule has 0 saturated carbocycles. The van der Waals surface area contributed by atoms with Crippen LogP contribution < -0.4 is 5.32 Å². The summed E-state index contributed by atoms with van der Waals surface area (Å²) in [5, 5.41) is 8.05. The number of amides is 2. The Morgan fingerprint density at radius 3 is 2.67 bits per heavy atom. The molecule has 1 aromatic rings. The highest BCUT2D eigenvalue weighted by Crippen LogP contribution is 2.25. The Hall–Kier alpha value is -1.17. The predicted molar refractivity (Wildman–Crippen MR) is 87.7 cm³/mol. The lowest BCUT2D eigenvalue weighted by atomic mass is 10.1. The van der Waals surface area contributed by atoms with E-state index in [1.54, 1.807) is 0 Å². The van der Waals surface area contributed by atoms with Crippen LogP contribution in [0.15, 0.2) is 0 Å². The van der Waals surface area contributed by atoms with Crippen molar-refractivity contribution >= 4 is 17.8 Å². The molecule has 2 amide bonds. The van der Waals surface area contributed by atoms with E-state index in [9.17, 15) is 4.79 Å². The largest absolute Gasteiger partial charge is 0.331 e. The van der Waals surface area contributed by atoms with E-state index in [1.165, 1.54) is 0 Å². The Balaban J connectivity index is 2.08. The predicted octanol–water partition coefficient (Wildman–Crippen LogP) is 2.63. The molecule has 0 bridgehead atoms. The number of carbonyl (C=O) groups is 1. The second-order valence-electron chi connectivity index (χ2n) is 5.89. The van der Waals surface area contributed by atoms with E-state index in [2.05, 4.69) is 24.3 Å². The first-order chi connectivity index (χ1) is 9.82. The van der Waals surface area contributed by atoms with Crippen molar-refractivity contribution in [3.63, 3.8) is 0 Å². The molecule has 0 aliphatic carbocycles. The molecule has 0 spiro atoms. The van der Waals surface area contributed by atoms with Crippen LogP contribution in [-0.4, -0.2) is 44.3 Å². The number of hydrogen-bond acceptors (Lipinski definition) is 3. The Kier molecular flexibility index (Phi) is 4.86. The van der Waals surface area contributed by atoms with Crippen LogP contribution in [0.3, 0.4) is 0 Å². The van der Waals surface area contributed by atoms with Gasteiger partial charge < -0.3 is 10.2 Å². The SMILES string of the molecule is Cc1nn(C)c(C)c1[C@H](C)NC(=O)N1CCS[C@@H](C)[C@@H]1C. The van der Waals surface area contributed by atoms with Gasteiger partial charge in [-0.05, 0) is 27.7 Å². The zero-order valence-corrected chi connectivity index (χ0v) is 14.6. The first-order valence-corrected chi connectivity index (χ1v) is 8.56. The third-order valence-electron chi connectivity index (χ3n) is 4.48. The van der Waals surface area contributed by atoms with Crippen molar-refractivity contribution in [2.24, 2.45) is 7.05 Å². The van der Waals surface area contributed by atoms with Gasteiger partial charge in [-0.15, -0.1) is 0 Å². The average molecular weight is 310 g/mol. The lowest BCUT2D eigenvalue weighted by Gasteiger charge is -2.38. The normalized spacial score (nSPS) is 24.0. The molecule has 0 aromatic carbocycles. The molecule has 1 aliphatic heterocycles. The first kappa shape index (κ1) is 16.2. The van der Waals surface area contributed by atoms with Crippen LogP contribution in [0.5, 0.6) is 0 Å². The van der Waals surface area contributed by atoms with Crippen molar-refractivity contribution in [3.05, 3.63) is 17.0 Å². The molecular formula is C15H26N4OS.